The lowest BCUT2D eigenvalue weighted by molar-refractivity contribution is 0.0529. The second kappa shape index (κ2) is 10.1. The molecule has 0 unspecified atom stereocenters. The van der Waals surface area contributed by atoms with Crippen molar-refractivity contribution in [3.8, 4) is 5.75 Å². The minimum atomic E-state index is -0.491. The number of carbonyl (C=O) groups is 1. The zero-order valence-electron chi connectivity index (χ0n) is 17.6. The topological polar surface area (TPSA) is 78.4 Å². The number of aliphatic imine (C=N–C) groups is 1. The molecule has 0 aliphatic carbocycles. The second-order valence-corrected chi connectivity index (χ2v) is 7.55. The fourth-order valence-corrected chi connectivity index (χ4v) is 3.04. The number of anilines is 1. The lowest BCUT2D eigenvalue weighted by atomic mass is 10.2. The molecule has 8 nitrogen and oxygen atoms in total. The molecular weight excluding hydrogens is 358 g/mol. The van der Waals surface area contributed by atoms with Gasteiger partial charge in [0.05, 0.1) is 12.8 Å². The zero-order valence-corrected chi connectivity index (χ0v) is 17.6. The number of rotatable bonds is 5. The number of guanidine groups is 1. The molecule has 1 fully saturated rings. The predicted octanol–water partition coefficient (Wildman–Crippen LogP) is 1.92. The molecule has 28 heavy (non-hydrogen) atoms. The highest BCUT2D eigenvalue weighted by Gasteiger charge is 2.21. The number of piperazine rings is 1. The van der Waals surface area contributed by atoms with E-state index >= 15 is 0 Å². The maximum atomic E-state index is 11.7. The Morgan fingerprint density at radius 2 is 1.75 bits per heavy atom. The largest absolute Gasteiger partial charge is 0.495 e. The van der Waals surface area contributed by atoms with E-state index in [0.717, 1.165) is 43.6 Å². The Labute approximate surface area is 167 Å². The van der Waals surface area contributed by atoms with Crippen LogP contribution in [0.5, 0.6) is 5.75 Å². The van der Waals surface area contributed by atoms with Crippen LogP contribution in [0.25, 0.3) is 0 Å². The van der Waals surface area contributed by atoms with Crippen molar-refractivity contribution in [3.05, 3.63) is 24.3 Å². The average Bonchev–Trinajstić information content (AvgIpc) is 2.67. The van der Waals surface area contributed by atoms with Crippen molar-refractivity contribution in [3.63, 3.8) is 0 Å². The van der Waals surface area contributed by atoms with E-state index in [1.54, 1.807) is 14.2 Å². The molecule has 0 spiro atoms. The molecule has 0 atom stereocenters. The van der Waals surface area contributed by atoms with Crippen LogP contribution in [-0.2, 0) is 4.74 Å². The third-order valence-electron chi connectivity index (χ3n) is 4.29. The lowest BCUT2D eigenvalue weighted by Crippen LogP contribution is -2.53. The Morgan fingerprint density at radius 3 is 2.36 bits per heavy atom. The summed E-state index contributed by atoms with van der Waals surface area (Å²) in [6.07, 6.45) is -0.408. The van der Waals surface area contributed by atoms with Crippen LogP contribution in [0.2, 0.25) is 0 Å². The van der Waals surface area contributed by atoms with Crippen LogP contribution < -0.4 is 20.3 Å². The van der Waals surface area contributed by atoms with Gasteiger partial charge in [0.1, 0.15) is 11.4 Å². The molecular formula is C20H33N5O3. The van der Waals surface area contributed by atoms with Gasteiger partial charge in [-0.2, -0.15) is 0 Å². The number of benzene rings is 1. The normalized spacial score (nSPS) is 15.2. The highest BCUT2D eigenvalue weighted by atomic mass is 16.6. The molecule has 0 radical (unpaired) electrons. The number of carbonyl (C=O) groups excluding carboxylic acids is 1. The number of para-hydroxylation sites is 2. The highest BCUT2D eigenvalue weighted by Crippen LogP contribution is 2.28. The zero-order chi connectivity index (χ0) is 20.6. The van der Waals surface area contributed by atoms with E-state index in [1.165, 1.54) is 0 Å². The van der Waals surface area contributed by atoms with Crippen molar-refractivity contribution < 1.29 is 14.3 Å². The van der Waals surface area contributed by atoms with Gasteiger partial charge in [0, 0.05) is 46.3 Å². The molecule has 1 saturated heterocycles. The summed E-state index contributed by atoms with van der Waals surface area (Å²) in [5.74, 6) is 1.73. The number of alkyl carbamates (subject to hydrolysis) is 1. The number of hydrogen-bond acceptors (Lipinski definition) is 5. The minimum Gasteiger partial charge on any atom is -0.495 e. The molecule has 1 aromatic carbocycles. The van der Waals surface area contributed by atoms with Crippen LogP contribution in [-0.4, -0.2) is 76.0 Å². The summed E-state index contributed by atoms with van der Waals surface area (Å²) < 4.78 is 10.7. The van der Waals surface area contributed by atoms with Crippen LogP contribution in [0.3, 0.4) is 0 Å². The third kappa shape index (κ3) is 6.51. The van der Waals surface area contributed by atoms with E-state index < -0.39 is 11.7 Å². The van der Waals surface area contributed by atoms with Gasteiger partial charge in [-0.05, 0) is 32.9 Å². The first kappa shape index (κ1) is 21.7. The van der Waals surface area contributed by atoms with Crippen molar-refractivity contribution in [2.45, 2.75) is 26.4 Å². The van der Waals surface area contributed by atoms with Gasteiger partial charge in [-0.15, -0.1) is 0 Å². The van der Waals surface area contributed by atoms with Crippen LogP contribution in [0, 0.1) is 0 Å². The van der Waals surface area contributed by atoms with E-state index in [9.17, 15) is 4.79 Å². The second-order valence-electron chi connectivity index (χ2n) is 7.55. The summed E-state index contributed by atoms with van der Waals surface area (Å²) in [5.41, 5.74) is 0.628. The van der Waals surface area contributed by atoms with Gasteiger partial charge < -0.3 is 29.9 Å². The summed E-state index contributed by atoms with van der Waals surface area (Å²) in [4.78, 5) is 20.6. The van der Waals surface area contributed by atoms with Crippen molar-refractivity contribution in [2.75, 3.05) is 58.3 Å². The molecule has 1 heterocycles. The number of hydrogen-bond donors (Lipinski definition) is 2. The van der Waals surface area contributed by atoms with Crippen LogP contribution >= 0.6 is 0 Å². The molecule has 1 aliphatic rings. The SMILES string of the molecule is CN=C(NCCNC(=O)OC(C)(C)C)N1CCN(c2ccccc2OC)CC1. The molecule has 0 saturated carbocycles. The van der Waals surface area contributed by atoms with Gasteiger partial charge in [-0.1, -0.05) is 12.1 Å². The standard InChI is InChI=1S/C20H33N5O3/c1-20(2,3)28-19(26)23-11-10-22-18(21-4)25-14-12-24(13-15-25)16-8-6-7-9-17(16)27-5/h6-9H,10-15H2,1-5H3,(H,21,22)(H,23,26). The van der Waals surface area contributed by atoms with E-state index in [1.807, 2.05) is 39.0 Å². The molecule has 0 aromatic heterocycles. The number of amides is 1. The van der Waals surface area contributed by atoms with Gasteiger partial charge in [0.2, 0.25) is 0 Å². The molecule has 1 aliphatic heterocycles. The van der Waals surface area contributed by atoms with Crippen molar-refractivity contribution in [2.24, 2.45) is 4.99 Å². The maximum Gasteiger partial charge on any atom is 0.407 e. The Hall–Kier alpha value is -2.64. The molecule has 156 valence electrons. The van der Waals surface area contributed by atoms with E-state index in [4.69, 9.17) is 9.47 Å². The van der Waals surface area contributed by atoms with Crippen molar-refractivity contribution in [1.82, 2.24) is 15.5 Å². The quantitative estimate of drug-likeness (QED) is 0.454. The Bertz CT molecular complexity index is 664. The molecule has 1 amide bonds. The lowest BCUT2D eigenvalue weighted by Gasteiger charge is -2.38. The Balaban J connectivity index is 1.77. The van der Waals surface area contributed by atoms with Gasteiger partial charge in [0.25, 0.3) is 0 Å². The van der Waals surface area contributed by atoms with Crippen LogP contribution in [0.4, 0.5) is 10.5 Å². The van der Waals surface area contributed by atoms with Gasteiger partial charge in [-0.25, -0.2) is 4.79 Å². The number of methoxy groups -OCH3 is 1. The molecule has 2 rings (SSSR count). The van der Waals surface area contributed by atoms with Gasteiger partial charge >= 0.3 is 6.09 Å². The fourth-order valence-electron chi connectivity index (χ4n) is 3.04. The summed E-state index contributed by atoms with van der Waals surface area (Å²) in [7, 11) is 3.47. The van der Waals surface area contributed by atoms with Crippen molar-refractivity contribution >= 4 is 17.7 Å². The molecule has 2 N–H and O–H groups in total. The minimum absolute atomic E-state index is 0.408. The van der Waals surface area contributed by atoms with E-state index in [0.29, 0.717) is 13.1 Å². The first-order valence-corrected chi connectivity index (χ1v) is 9.64. The van der Waals surface area contributed by atoms with E-state index in [-0.39, 0.29) is 0 Å². The fraction of sp³-hybridized carbons (Fsp3) is 0.600. The molecule has 0 bridgehead atoms. The van der Waals surface area contributed by atoms with Gasteiger partial charge in [-0.3, -0.25) is 4.99 Å². The number of nitrogens with zero attached hydrogens (tertiary/aromatic N) is 3. The molecule has 1 aromatic rings. The number of ether oxygens (including phenoxy) is 2. The highest BCUT2D eigenvalue weighted by molar-refractivity contribution is 5.80. The Kier molecular flexibility index (Phi) is 7.78. The summed E-state index contributed by atoms with van der Waals surface area (Å²) >= 11 is 0. The smallest absolute Gasteiger partial charge is 0.407 e. The third-order valence-corrected chi connectivity index (χ3v) is 4.29. The summed E-state index contributed by atoms with van der Waals surface area (Å²) in [6, 6.07) is 8.09. The summed E-state index contributed by atoms with van der Waals surface area (Å²) in [6.45, 7) is 10.1. The summed E-state index contributed by atoms with van der Waals surface area (Å²) in [5, 5.41) is 6.04. The Morgan fingerprint density at radius 1 is 1.11 bits per heavy atom. The van der Waals surface area contributed by atoms with Gasteiger partial charge in [0.15, 0.2) is 5.96 Å². The maximum absolute atomic E-state index is 11.7. The number of nitrogens with one attached hydrogen (secondary N) is 2. The monoisotopic (exact) mass is 391 g/mol. The van der Waals surface area contributed by atoms with E-state index in [2.05, 4.69) is 31.5 Å². The average molecular weight is 392 g/mol. The first-order valence-electron chi connectivity index (χ1n) is 9.64. The van der Waals surface area contributed by atoms with Crippen LogP contribution in [0.15, 0.2) is 29.3 Å². The first-order chi connectivity index (χ1) is 13.3. The predicted molar refractivity (Wildman–Crippen MR) is 112 cm³/mol. The molecule has 8 heteroatoms. The van der Waals surface area contributed by atoms with Crippen molar-refractivity contribution in [1.29, 1.82) is 0 Å². The van der Waals surface area contributed by atoms with Crippen LogP contribution in [0.1, 0.15) is 20.8 Å².